The lowest BCUT2D eigenvalue weighted by Gasteiger charge is -2.19. The van der Waals surface area contributed by atoms with Crippen LogP contribution < -0.4 is 5.32 Å². The normalized spacial score (nSPS) is 12.2. The molecule has 1 aromatic heterocycles. The number of halogens is 4. The summed E-state index contributed by atoms with van der Waals surface area (Å²) in [5, 5.41) is 5.92. The molecule has 1 amide bonds. The number of nitrogens with one attached hydrogen (secondary N) is 1. The zero-order chi connectivity index (χ0) is 24.4. The lowest BCUT2D eigenvalue weighted by atomic mass is 10.1. The van der Waals surface area contributed by atoms with Crippen LogP contribution in [0.5, 0.6) is 0 Å². The zero-order valence-electron chi connectivity index (χ0n) is 17.6. The average molecular weight is 484 g/mol. The fourth-order valence-corrected chi connectivity index (χ4v) is 4.67. The number of alkyl halides is 3. The number of hydrogen-bond donors (Lipinski definition) is 1. The van der Waals surface area contributed by atoms with Crippen molar-refractivity contribution >= 4 is 21.6 Å². The second-order valence-corrected chi connectivity index (χ2v) is 8.80. The van der Waals surface area contributed by atoms with E-state index < -0.39 is 44.7 Å². The smallest absolute Gasteiger partial charge is 0.321 e. The van der Waals surface area contributed by atoms with Crippen molar-refractivity contribution in [1.29, 1.82) is 0 Å². The first-order chi connectivity index (χ1) is 15.5. The minimum atomic E-state index is -4.84. The van der Waals surface area contributed by atoms with Gasteiger partial charge >= 0.3 is 6.18 Å². The van der Waals surface area contributed by atoms with Crippen molar-refractivity contribution < 1.29 is 30.8 Å². The molecule has 3 rings (SSSR count). The Balaban J connectivity index is 1.99. The van der Waals surface area contributed by atoms with Gasteiger partial charge in [0.25, 0.3) is 5.91 Å². The predicted octanol–water partition coefficient (Wildman–Crippen LogP) is 4.31. The molecule has 0 aliphatic heterocycles. The molecule has 2 aromatic carbocycles. The summed E-state index contributed by atoms with van der Waals surface area (Å²) in [5.74, 6) is -2.30. The quantitative estimate of drug-likeness (QED) is 0.507. The van der Waals surface area contributed by atoms with Gasteiger partial charge in [-0.15, -0.1) is 0 Å². The largest absolute Gasteiger partial charge is 0.418 e. The van der Waals surface area contributed by atoms with Gasteiger partial charge in [0, 0.05) is 25.5 Å². The van der Waals surface area contributed by atoms with E-state index in [4.69, 9.17) is 0 Å². The first-order valence-electron chi connectivity index (χ1n) is 9.81. The summed E-state index contributed by atoms with van der Waals surface area (Å²) < 4.78 is 83.0. The van der Waals surface area contributed by atoms with Crippen LogP contribution in [0.25, 0.3) is 5.69 Å². The van der Waals surface area contributed by atoms with E-state index in [1.165, 1.54) is 29.2 Å². The highest BCUT2D eigenvalue weighted by Crippen LogP contribution is 2.36. The van der Waals surface area contributed by atoms with E-state index in [9.17, 15) is 30.8 Å². The molecule has 3 aromatic rings. The summed E-state index contributed by atoms with van der Waals surface area (Å²) in [6.07, 6.45) is -1.99. The zero-order valence-corrected chi connectivity index (χ0v) is 18.4. The third kappa shape index (κ3) is 5.06. The van der Waals surface area contributed by atoms with Gasteiger partial charge in [-0.1, -0.05) is 13.8 Å². The molecule has 0 unspecified atom stereocenters. The Bertz CT molecular complexity index is 1260. The molecule has 1 N–H and O–H groups in total. The van der Waals surface area contributed by atoms with Crippen LogP contribution in [0.1, 0.15) is 29.8 Å². The van der Waals surface area contributed by atoms with Crippen molar-refractivity contribution in [3.05, 3.63) is 71.8 Å². The van der Waals surface area contributed by atoms with Gasteiger partial charge in [0.05, 0.1) is 27.4 Å². The van der Waals surface area contributed by atoms with Crippen molar-refractivity contribution in [2.24, 2.45) is 0 Å². The summed E-state index contributed by atoms with van der Waals surface area (Å²) in [4.78, 5) is 12.3. The van der Waals surface area contributed by atoms with Crippen molar-refractivity contribution in [2.75, 3.05) is 18.4 Å². The van der Waals surface area contributed by atoms with Crippen LogP contribution in [0.2, 0.25) is 0 Å². The number of carbonyl (C=O) groups excluding carboxylic acids is 1. The number of amides is 1. The number of anilines is 1. The molecule has 0 spiro atoms. The van der Waals surface area contributed by atoms with Crippen LogP contribution >= 0.6 is 0 Å². The van der Waals surface area contributed by atoms with Crippen LogP contribution in [-0.2, 0) is 16.2 Å². The molecule has 0 radical (unpaired) electrons. The van der Waals surface area contributed by atoms with Gasteiger partial charge in [-0.25, -0.2) is 17.5 Å². The van der Waals surface area contributed by atoms with Crippen molar-refractivity contribution in [1.82, 2.24) is 14.1 Å². The van der Waals surface area contributed by atoms with Gasteiger partial charge in [-0.05, 0) is 42.5 Å². The Morgan fingerprint density at radius 3 is 2.39 bits per heavy atom. The lowest BCUT2D eigenvalue weighted by molar-refractivity contribution is -0.136. The second-order valence-electron chi connectivity index (χ2n) is 6.86. The van der Waals surface area contributed by atoms with Gasteiger partial charge in [0.15, 0.2) is 0 Å². The fraction of sp³-hybridized carbons (Fsp3) is 0.238. The van der Waals surface area contributed by atoms with Gasteiger partial charge < -0.3 is 5.32 Å². The molecule has 0 aliphatic rings. The predicted molar refractivity (Wildman–Crippen MR) is 113 cm³/mol. The van der Waals surface area contributed by atoms with Gasteiger partial charge in [-0.2, -0.15) is 22.6 Å². The molecule has 0 saturated carbocycles. The molecule has 12 heteroatoms. The number of rotatable bonds is 7. The first kappa shape index (κ1) is 24.4. The highest BCUT2D eigenvalue weighted by atomic mass is 32.2. The Morgan fingerprint density at radius 1 is 1.12 bits per heavy atom. The molecule has 0 fully saturated rings. The molecule has 0 atom stereocenters. The molecular weight excluding hydrogens is 464 g/mol. The highest BCUT2D eigenvalue weighted by Gasteiger charge is 2.35. The first-order valence-corrected chi connectivity index (χ1v) is 11.2. The molecule has 0 saturated heterocycles. The van der Waals surface area contributed by atoms with Gasteiger partial charge in [-0.3, -0.25) is 4.79 Å². The molecule has 176 valence electrons. The molecular formula is C21H20F4N4O3S. The second kappa shape index (κ2) is 9.32. The van der Waals surface area contributed by atoms with Crippen molar-refractivity contribution in [3.8, 4) is 5.69 Å². The molecule has 7 nitrogen and oxygen atoms in total. The maximum Gasteiger partial charge on any atom is 0.418 e. The monoisotopic (exact) mass is 484 g/mol. The Kier molecular flexibility index (Phi) is 6.89. The highest BCUT2D eigenvalue weighted by molar-refractivity contribution is 7.89. The van der Waals surface area contributed by atoms with Crippen LogP contribution in [0, 0.1) is 5.82 Å². The van der Waals surface area contributed by atoms with Gasteiger partial charge in [0.2, 0.25) is 10.0 Å². The van der Waals surface area contributed by atoms with E-state index in [1.54, 1.807) is 13.8 Å². The average Bonchev–Trinajstić information content (AvgIpc) is 3.29. The van der Waals surface area contributed by atoms with Crippen molar-refractivity contribution in [3.63, 3.8) is 0 Å². The number of carbonyl (C=O) groups is 1. The third-order valence-electron chi connectivity index (χ3n) is 4.85. The summed E-state index contributed by atoms with van der Waals surface area (Å²) in [6, 6.07) is 7.24. The van der Waals surface area contributed by atoms with E-state index in [0.717, 1.165) is 34.6 Å². The topological polar surface area (TPSA) is 84.3 Å². The molecule has 0 bridgehead atoms. The molecule has 1 heterocycles. The molecule has 0 aliphatic carbocycles. The lowest BCUT2D eigenvalue weighted by Crippen LogP contribution is -2.31. The van der Waals surface area contributed by atoms with Crippen LogP contribution in [-0.4, -0.2) is 41.5 Å². The summed E-state index contributed by atoms with van der Waals surface area (Å²) in [7, 11) is -4.01. The minimum absolute atomic E-state index is 0.101. The number of sulfonamides is 1. The summed E-state index contributed by atoms with van der Waals surface area (Å²) in [6.45, 7) is 3.53. The summed E-state index contributed by atoms with van der Waals surface area (Å²) in [5.41, 5.74) is -2.38. The van der Waals surface area contributed by atoms with Gasteiger partial charge in [0.1, 0.15) is 5.82 Å². The number of aromatic nitrogens is 2. The Hall–Kier alpha value is -3.25. The maximum absolute atomic E-state index is 14.4. The fourth-order valence-electron chi connectivity index (χ4n) is 3.18. The third-order valence-corrected chi connectivity index (χ3v) is 6.90. The van der Waals surface area contributed by atoms with E-state index in [-0.39, 0.29) is 23.7 Å². The number of hydrogen-bond acceptors (Lipinski definition) is 4. The standard InChI is InChI=1S/C21H20F4N4O3S/c1-3-28(4-2)33(31,32)15-7-8-18(22)16(13-15)20(30)27-19-9-6-14(29-11-5-10-26-29)12-17(19)21(23,24)25/h5-13H,3-4H2,1-2H3,(H,27,30). The number of nitrogens with zero attached hydrogens (tertiary/aromatic N) is 3. The maximum atomic E-state index is 14.4. The van der Waals surface area contributed by atoms with E-state index in [1.807, 2.05) is 5.32 Å². The Morgan fingerprint density at radius 2 is 1.82 bits per heavy atom. The molecule has 33 heavy (non-hydrogen) atoms. The SMILES string of the molecule is CCN(CC)S(=O)(=O)c1ccc(F)c(C(=O)Nc2ccc(-n3cccn3)cc2C(F)(F)F)c1. The van der Waals surface area contributed by atoms with Crippen LogP contribution in [0.15, 0.2) is 59.8 Å². The van der Waals surface area contributed by atoms with E-state index in [2.05, 4.69) is 5.10 Å². The van der Waals surface area contributed by atoms with Crippen molar-refractivity contribution in [2.45, 2.75) is 24.9 Å². The minimum Gasteiger partial charge on any atom is -0.321 e. The van der Waals surface area contributed by atoms with Crippen LogP contribution in [0.3, 0.4) is 0 Å². The number of benzene rings is 2. The van der Waals surface area contributed by atoms with E-state index >= 15 is 0 Å². The van der Waals surface area contributed by atoms with Crippen LogP contribution in [0.4, 0.5) is 23.2 Å². The Labute approximate surface area is 187 Å². The summed E-state index contributed by atoms with van der Waals surface area (Å²) >= 11 is 0. The van der Waals surface area contributed by atoms with E-state index in [0.29, 0.717) is 0 Å².